The highest BCUT2D eigenvalue weighted by molar-refractivity contribution is 5.97. The average molecular weight is 367 g/mol. The number of nitrogens with one attached hydrogen (secondary N) is 1. The van der Waals surface area contributed by atoms with E-state index < -0.39 is 12.1 Å². The number of benzene rings is 2. The minimum Gasteiger partial charge on any atom is -0.497 e. The molecular formula is C22H25NO4. The molecule has 5 heteroatoms. The van der Waals surface area contributed by atoms with E-state index in [9.17, 15) is 9.59 Å². The van der Waals surface area contributed by atoms with E-state index in [2.05, 4.69) is 5.32 Å². The molecule has 1 N–H and O–H groups in total. The molecule has 1 unspecified atom stereocenters. The fourth-order valence-electron chi connectivity index (χ4n) is 2.75. The Balaban J connectivity index is 1.95. The lowest BCUT2D eigenvalue weighted by molar-refractivity contribution is -0.148. The number of esters is 1. The number of methoxy groups -OCH3 is 1. The van der Waals surface area contributed by atoms with Crippen LogP contribution in [0.15, 0.2) is 42.5 Å². The van der Waals surface area contributed by atoms with E-state index in [1.807, 2.05) is 45.0 Å². The Kier molecular flexibility index (Phi) is 6.77. The van der Waals surface area contributed by atoms with Gasteiger partial charge in [0, 0.05) is 11.8 Å². The number of anilines is 1. The monoisotopic (exact) mass is 367 g/mol. The van der Waals surface area contributed by atoms with Crippen LogP contribution < -0.4 is 10.1 Å². The van der Waals surface area contributed by atoms with Crippen LogP contribution >= 0.6 is 0 Å². The lowest BCUT2D eigenvalue weighted by atomic mass is 10.0. The molecule has 0 fully saturated rings. The van der Waals surface area contributed by atoms with Gasteiger partial charge in [-0.1, -0.05) is 29.8 Å². The molecule has 2 aromatic rings. The van der Waals surface area contributed by atoms with E-state index in [1.165, 1.54) is 6.08 Å². The maximum absolute atomic E-state index is 12.4. The second-order valence-corrected chi connectivity index (χ2v) is 6.45. The second kappa shape index (κ2) is 9.03. The number of aryl methyl sites for hydroxylation is 3. The van der Waals surface area contributed by atoms with Crippen LogP contribution in [0.5, 0.6) is 5.75 Å². The van der Waals surface area contributed by atoms with Crippen molar-refractivity contribution in [3.05, 3.63) is 64.7 Å². The van der Waals surface area contributed by atoms with Crippen molar-refractivity contribution >= 4 is 23.6 Å². The molecule has 0 radical (unpaired) electrons. The van der Waals surface area contributed by atoms with Crippen LogP contribution in [0.3, 0.4) is 0 Å². The summed E-state index contributed by atoms with van der Waals surface area (Å²) in [4.78, 5) is 24.3. The summed E-state index contributed by atoms with van der Waals surface area (Å²) < 4.78 is 10.3. The summed E-state index contributed by atoms with van der Waals surface area (Å²) in [7, 11) is 1.59. The molecule has 142 valence electrons. The highest BCUT2D eigenvalue weighted by atomic mass is 16.5. The number of amides is 1. The maximum atomic E-state index is 12.4. The predicted molar refractivity (Wildman–Crippen MR) is 107 cm³/mol. The van der Waals surface area contributed by atoms with Crippen molar-refractivity contribution in [2.75, 3.05) is 12.4 Å². The summed E-state index contributed by atoms with van der Waals surface area (Å²) in [6.07, 6.45) is 2.02. The van der Waals surface area contributed by atoms with Crippen LogP contribution in [0.2, 0.25) is 0 Å². The number of ether oxygens (including phenoxy) is 2. The van der Waals surface area contributed by atoms with Crippen molar-refractivity contribution in [3.63, 3.8) is 0 Å². The van der Waals surface area contributed by atoms with Gasteiger partial charge in [-0.15, -0.1) is 0 Å². The molecule has 1 atom stereocenters. The first-order chi connectivity index (χ1) is 12.8. The van der Waals surface area contributed by atoms with E-state index in [0.717, 1.165) is 33.7 Å². The van der Waals surface area contributed by atoms with Gasteiger partial charge in [0.25, 0.3) is 5.91 Å². The molecule has 0 saturated heterocycles. The molecule has 5 nitrogen and oxygen atoms in total. The van der Waals surface area contributed by atoms with Gasteiger partial charge < -0.3 is 14.8 Å². The summed E-state index contributed by atoms with van der Waals surface area (Å²) in [5.41, 5.74) is 4.65. The standard InChI is InChI=1S/C22H25NO4/c1-14-12-15(2)21(16(3)13-14)23-22(25)17(4)27-20(24)11-8-18-6-9-19(26-5)10-7-18/h6-13,17H,1-5H3,(H,23,25). The van der Waals surface area contributed by atoms with E-state index in [0.29, 0.717) is 0 Å². The lowest BCUT2D eigenvalue weighted by Crippen LogP contribution is -2.30. The van der Waals surface area contributed by atoms with Gasteiger partial charge in [0.05, 0.1) is 7.11 Å². The molecule has 0 aromatic heterocycles. The average Bonchev–Trinajstić information content (AvgIpc) is 2.63. The van der Waals surface area contributed by atoms with Gasteiger partial charge in [0.1, 0.15) is 5.75 Å². The lowest BCUT2D eigenvalue weighted by Gasteiger charge is -2.16. The molecule has 2 aromatic carbocycles. The van der Waals surface area contributed by atoms with Crippen LogP contribution in [0.1, 0.15) is 29.2 Å². The van der Waals surface area contributed by atoms with E-state index in [-0.39, 0.29) is 5.91 Å². The zero-order valence-corrected chi connectivity index (χ0v) is 16.3. The number of carbonyl (C=O) groups is 2. The second-order valence-electron chi connectivity index (χ2n) is 6.45. The van der Waals surface area contributed by atoms with E-state index in [1.54, 1.807) is 32.2 Å². The van der Waals surface area contributed by atoms with E-state index in [4.69, 9.17) is 9.47 Å². The van der Waals surface area contributed by atoms with Gasteiger partial charge in [0.15, 0.2) is 6.10 Å². The highest BCUT2D eigenvalue weighted by Crippen LogP contribution is 2.22. The fraction of sp³-hybridized carbons (Fsp3) is 0.273. The fourth-order valence-corrected chi connectivity index (χ4v) is 2.75. The van der Waals surface area contributed by atoms with Crippen LogP contribution in [0, 0.1) is 20.8 Å². The molecule has 0 aliphatic heterocycles. The first kappa shape index (κ1) is 20.2. The molecule has 0 saturated carbocycles. The van der Waals surface area contributed by atoms with Gasteiger partial charge >= 0.3 is 5.97 Å². The minimum absolute atomic E-state index is 0.365. The largest absolute Gasteiger partial charge is 0.497 e. The van der Waals surface area contributed by atoms with Gasteiger partial charge in [-0.2, -0.15) is 0 Å². The summed E-state index contributed by atoms with van der Waals surface area (Å²) in [6.45, 7) is 7.42. The molecule has 0 bridgehead atoms. The Labute approximate surface area is 160 Å². The topological polar surface area (TPSA) is 64.6 Å². The van der Waals surface area contributed by atoms with Crippen molar-refractivity contribution < 1.29 is 19.1 Å². The van der Waals surface area contributed by atoms with Gasteiger partial charge in [-0.25, -0.2) is 4.79 Å². The van der Waals surface area contributed by atoms with Crippen LogP contribution in [0.25, 0.3) is 6.08 Å². The molecule has 27 heavy (non-hydrogen) atoms. The Hall–Kier alpha value is -3.08. The van der Waals surface area contributed by atoms with Crippen molar-refractivity contribution in [1.29, 1.82) is 0 Å². The van der Waals surface area contributed by atoms with Crippen molar-refractivity contribution in [2.45, 2.75) is 33.8 Å². The van der Waals surface area contributed by atoms with Crippen molar-refractivity contribution in [3.8, 4) is 5.75 Å². The third-order valence-electron chi connectivity index (χ3n) is 4.12. The first-order valence-corrected chi connectivity index (χ1v) is 8.71. The Morgan fingerprint density at radius 2 is 1.63 bits per heavy atom. The maximum Gasteiger partial charge on any atom is 0.331 e. The Morgan fingerprint density at radius 3 is 2.19 bits per heavy atom. The molecule has 0 aliphatic carbocycles. The molecule has 0 aliphatic rings. The third kappa shape index (κ3) is 5.71. The van der Waals surface area contributed by atoms with Gasteiger partial charge in [-0.3, -0.25) is 4.79 Å². The molecule has 0 spiro atoms. The zero-order valence-electron chi connectivity index (χ0n) is 16.3. The van der Waals surface area contributed by atoms with Crippen LogP contribution in [-0.4, -0.2) is 25.1 Å². The predicted octanol–water partition coefficient (Wildman–Crippen LogP) is 4.20. The quantitative estimate of drug-likeness (QED) is 0.614. The van der Waals surface area contributed by atoms with Gasteiger partial charge in [0.2, 0.25) is 0 Å². The first-order valence-electron chi connectivity index (χ1n) is 8.71. The summed E-state index contributed by atoms with van der Waals surface area (Å²) in [5.74, 6) is -0.205. The SMILES string of the molecule is COc1ccc(C=CC(=O)OC(C)C(=O)Nc2c(C)cc(C)cc2C)cc1. The van der Waals surface area contributed by atoms with Crippen molar-refractivity contribution in [2.24, 2.45) is 0 Å². The smallest absolute Gasteiger partial charge is 0.331 e. The van der Waals surface area contributed by atoms with Crippen LogP contribution in [-0.2, 0) is 14.3 Å². The van der Waals surface area contributed by atoms with Crippen molar-refractivity contribution in [1.82, 2.24) is 0 Å². The van der Waals surface area contributed by atoms with Gasteiger partial charge in [-0.05, 0) is 62.6 Å². The number of rotatable bonds is 6. The molecule has 0 heterocycles. The number of hydrogen-bond donors (Lipinski definition) is 1. The van der Waals surface area contributed by atoms with E-state index >= 15 is 0 Å². The summed E-state index contributed by atoms with van der Waals surface area (Å²) >= 11 is 0. The number of carbonyl (C=O) groups excluding carboxylic acids is 2. The Bertz CT molecular complexity index is 830. The third-order valence-corrected chi connectivity index (χ3v) is 4.12. The minimum atomic E-state index is -0.905. The molecule has 2 rings (SSSR count). The zero-order chi connectivity index (χ0) is 20.0. The molecular weight excluding hydrogens is 342 g/mol. The number of hydrogen-bond acceptors (Lipinski definition) is 4. The summed E-state index contributed by atoms with van der Waals surface area (Å²) in [5, 5.41) is 2.84. The Morgan fingerprint density at radius 1 is 1.04 bits per heavy atom. The summed E-state index contributed by atoms with van der Waals surface area (Å²) in [6, 6.07) is 11.2. The molecule has 1 amide bonds. The normalized spacial score (nSPS) is 11.9. The van der Waals surface area contributed by atoms with Crippen LogP contribution in [0.4, 0.5) is 5.69 Å². The highest BCUT2D eigenvalue weighted by Gasteiger charge is 2.18.